The lowest BCUT2D eigenvalue weighted by Gasteiger charge is -2.14. The van der Waals surface area contributed by atoms with E-state index in [1.807, 2.05) is 19.9 Å². The SMILES string of the molecule is Cc1ccc2c(C)c(OS(=O)(=O)C(F)(F)F)ccc2c1C. The molecule has 21 heavy (non-hydrogen) atoms. The number of benzene rings is 2. The molecule has 0 spiro atoms. The minimum atomic E-state index is -5.66. The Morgan fingerprint density at radius 3 is 2.00 bits per heavy atom. The molecule has 0 aliphatic carbocycles. The second-order valence-electron chi connectivity index (χ2n) is 4.77. The zero-order valence-electron chi connectivity index (χ0n) is 11.6. The van der Waals surface area contributed by atoms with E-state index in [0.29, 0.717) is 10.9 Å². The van der Waals surface area contributed by atoms with Crippen LogP contribution in [0.1, 0.15) is 16.7 Å². The van der Waals surface area contributed by atoms with E-state index in [1.165, 1.54) is 13.0 Å². The molecule has 0 heterocycles. The van der Waals surface area contributed by atoms with E-state index in [1.54, 1.807) is 12.1 Å². The minimum absolute atomic E-state index is 0.317. The fourth-order valence-corrected chi connectivity index (χ4v) is 2.56. The molecule has 0 saturated carbocycles. The van der Waals surface area contributed by atoms with Crippen LogP contribution in [-0.2, 0) is 10.1 Å². The average molecular weight is 318 g/mol. The van der Waals surface area contributed by atoms with Crippen molar-refractivity contribution in [1.82, 2.24) is 0 Å². The summed E-state index contributed by atoms with van der Waals surface area (Å²) in [4.78, 5) is 0. The van der Waals surface area contributed by atoms with Gasteiger partial charge >= 0.3 is 15.6 Å². The second-order valence-corrected chi connectivity index (χ2v) is 6.31. The topological polar surface area (TPSA) is 43.4 Å². The molecule has 0 radical (unpaired) electrons. The molecule has 0 amide bonds. The maximum atomic E-state index is 12.4. The molecule has 0 aliphatic rings. The number of rotatable bonds is 2. The molecule has 0 bridgehead atoms. The van der Waals surface area contributed by atoms with Gasteiger partial charge in [-0.1, -0.05) is 18.2 Å². The number of halogens is 3. The van der Waals surface area contributed by atoms with Crippen molar-refractivity contribution in [2.45, 2.75) is 26.3 Å². The van der Waals surface area contributed by atoms with E-state index in [0.717, 1.165) is 16.5 Å². The Bertz CT molecular complexity index is 808. The average Bonchev–Trinajstić information content (AvgIpc) is 2.35. The van der Waals surface area contributed by atoms with Crippen molar-refractivity contribution in [3.8, 4) is 5.75 Å². The van der Waals surface area contributed by atoms with E-state index in [-0.39, 0.29) is 5.75 Å². The predicted molar refractivity (Wildman–Crippen MR) is 73.8 cm³/mol. The Labute approximate surface area is 120 Å². The summed E-state index contributed by atoms with van der Waals surface area (Å²) in [5.74, 6) is -0.317. The number of aryl methyl sites for hydroxylation is 3. The summed E-state index contributed by atoms with van der Waals surface area (Å²) in [6.45, 7) is 5.34. The van der Waals surface area contributed by atoms with Crippen LogP contribution in [0.3, 0.4) is 0 Å². The summed E-state index contributed by atoms with van der Waals surface area (Å²) >= 11 is 0. The van der Waals surface area contributed by atoms with Crippen molar-refractivity contribution < 1.29 is 25.8 Å². The van der Waals surface area contributed by atoms with Crippen LogP contribution >= 0.6 is 0 Å². The van der Waals surface area contributed by atoms with Crippen LogP contribution in [0.25, 0.3) is 10.8 Å². The smallest absolute Gasteiger partial charge is 0.376 e. The summed E-state index contributed by atoms with van der Waals surface area (Å²) < 4.78 is 63.5. The third-order valence-corrected chi connectivity index (χ3v) is 4.41. The normalized spacial score (nSPS) is 12.7. The number of hydrogen-bond acceptors (Lipinski definition) is 3. The largest absolute Gasteiger partial charge is 0.534 e. The van der Waals surface area contributed by atoms with Gasteiger partial charge in [0.2, 0.25) is 0 Å². The van der Waals surface area contributed by atoms with E-state index in [2.05, 4.69) is 4.18 Å². The van der Waals surface area contributed by atoms with Crippen molar-refractivity contribution in [2.24, 2.45) is 0 Å². The highest BCUT2D eigenvalue weighted by atomic mass is 32.2. The highest BCUT2D eigenvalue weighted by Gasteiger charge is 2.48. The molecular formula is C14H13F3O3S. The monoisotopic (exact) mass is 318 g/mol. The zero-order valence-corrected chi connectivity index (χ0v) is 12.4. The number of hydrogen-bond donors (Lipinski definition) is 0. The quantitative estimate of drug-likeness (QED) is 0.621. The van der Waals surface area contributed by atoms with Gasteiger partial charge in [-0.2, -0.15) is 21.6 Å². The molecule has 0 N–H and O–H groups in total. The molecule has 0 fully saturated rings. The molecule has 0 saturated heterocycles. The van der Waals surface area contributed by atoms with Gasteiger partial charge in [0.05, 0.1) is 0 Å². The van der Waals surface area contributed by atoms with E-state index < -0.39 is 15.6 Å². The lowest BCUT2D eigenvalue weighted by atomic mass is 9.97. The molecule has 0 aliphatic heterocycles. The van der Waals surface area contributed by atoms with Gasteiger partial charge in [0, 0.05) is 5.56 Å². The summed E-state index contributed by atoms with van der Waals surface area (Å²) in [7, 11) is -5.66. The van der Waals surface area contributed by atoms with Crippen LogP contribution < -0.4 is 4.18 Å². The number of fused-ring (bicyclic) bond motifs is 1. The van der Waals surface area contributed by atoms with Gasteiger partial charge < -0.3 is 4.18 Å². The highest BCUT2D eigenvalue weighted by Crippen LogP contribution is 2.33. The van der Waals surface area contributed by atoms with Gasteiger partial charge in [-0.25, -0.2) is 0 Å². The van der Waals surface area contributed by atoms with Gasteiger partial charge in [0.1, 0.15) is 5.75 Å². The van der Waals surface area contributed by atoms with Gasteiger partial charge in [-0.05, 0) is 48.7 Å². The Kier molecular flexibility index (Phi) is 3.65. The standard InChI is InChI=1S/C14H13F3O3S/c1-8-4-5-12-10(3)13(7-6-11(12)9(8)2)20-21(18,19)14(15,16)17/h4-7H,1-3H3. The summed E-state index contributed by atoms with van der Waals surface area (Å²) in [5.41, 5.74) is -3.07. The van der Waals surface area contributed by atoms with Crippen LogP contribution in [0.5, 0.6) is 5.75 Å². The lowest BCUT2D eigenvalue weighted by Crippen LogP contribution is -2.28. The van der Waals surface area contributed by atoms with Gasteiger partial charge in [0.15, 0.2) is 0 Å². The predicted octanol–water partition coefficient (Wildman–Crippen LogP) is 3.99. The molecular weight excluding hydrogens is 305 g/mol. The van der Waals surface area contributed by atoms with E-state index >= 15 is 0 Å². The van der Waals surface area contributed by atoms with Gasteiger partial charge in [-0.15, -0.1) is 0 Å². The molecule has 3 nitrogen and oxygen atoms in total. The molecule has 7 heteroatoms. The van der Waals surface area contributed by atoms with Crippen molar-refractivity contribution in [3.63, 3.8) is 0 Å². The minimum Gasteiger partial charge on any atom is -0.376 e. The van der Waals surface area contributed by atoms with Crippen LogP contribution in [0.15, 0.2) is 24.3 Å². The first-order chi connectivity index (χ1) is 9.54. The fourth-order valence-electron chi connectivity index (χ4n) is 2.05. The molecule has 114 valence electrons. The Morgan fingerprint density at radius 2 is 1.43 bits per heavy atom. The molecule has 0 unspecified atom stereocenters. The van der Waals surface area contributed by atoms with Crippen molar-refractivity contribution in [3.05, 3.63) is 41.0 Å². The van der Waals surface area contributed by atoms with Crippen molar-refractivity contribution in [1.29, 1.82) is 0 Å². The third kappa shape index (κ3) is 2.70. The van der Waals surface area contributed by atoms with E-state index in [9.17, 15) is 21.6 Å². The molecule has 2 aromatic carbocycles. The Balaban J connectivity index is 2.59. The lowest BCUT2D eigenvalue weighted by molar-refractivity contribution is -0.0500. The fraction of sp³-hybridized carbons (Fsp3) is 0.286. The first-order valence-corrected chi connectivity index (χ1v) is 7.45. The van der Waals surface area contributed by atoms with Crippen LogP contribution in [0.4, 0.5) is 13.2 Å². The molecule has 0 aromatic heterocycles. The first kappa shape index (κ1) is 15.6. The Morgan fingerprint density at radius 1 is 0.905 bits per heavy atom. The highest BCUT2D eigenvalue weighted by molar-refractivity contribution is 7.88. The van der Waals surface area contributed by atoms with E-state index in [4.69, 9.17) is 0 Å². The summed E-state index contributed by atoms with van der Waals surface area (Å²) in [5, 5.41) is 1.51. The van der Waals surface area contributed by atoms with Gasteiger partial charge in [-0.3, -0.25) is 0 Å². The zero-order chi connectivity index (χ0) is 16.0. The van der Waals surface area contributed by atoms with Crippen molar-refractivity contribution >= 4 is 20.9 Å². The van der Waals surface area contributed by atoms with Crippen molar-refractivity contribution in [2.75, 3.05) is 0 Å². The maximum absolute atomic E-state index is 12.4. The molecule has 2 aromatic rings. The number of alkyl halides is 3. The van der Waals surface area contributed by atoms with Crippen LogP contribution in [0, 0.1) is 20.8 Å². The van der Waals surface area contributed by atoms with Gasteiger partial charge in [0.25, 0.3) is 0 Å². The Hall–Kier alpha value is -1.76. The first-order valence-electron chi connectivity index (χ1n) is 6.05. The maximum Gasteiger partial charge on any atom is 0.534 e. The summed E-state index contributed by atoms with van der Waals surface area (Å²) in [6, 6.07) is 6.37. The second kappa shape index (κ2) is 4.91. The molecule has 2 rings (SSSR count). The molecule has 0 atom stereocenters. The van der Waals surface area contributed by atoms with Crippen LogP contribution in [0.2, 0.25) is 0 Å². The third-order valence-electron chi connectivity index (χ3n) is 3.44. The summed E-state index contributed by atoms with van der Waals surface area (Å²) in [6.07, 6.45) is 0. The van der Waals surface area contributed by atoms with Crippen LogP contribution in [-0.4, -0.2) is 13.9 Å².